The molecule has 0 aliphatic carbocycles. The molecule has 0 aliphatic rings. The highest BCUT2D eigenvalue weighted by Crippen LogP contribution is 2.27. The molecule has 0 unspecified atom stereocenters. The maximum Gasteiger partial charge on any atom is 0.124 e. The van der Waals surface area contributed by atoms with Crippen molar-refractivity contribution in [3.63, 3.8) is 0 Å². The van der Waals surface area contributed by atoms with Crippen LogP contribution in [0.4, 0.5) is 4.39 Å². The van der Waals surface area contributed by atoms with E-state index in [2.05, 4.69) is 31.0 Å². The molecule has 0 bridgehead atoms. The number of benzene rings is 1. The van der Waals surface area contributed by atoms with Crippen LogP contribution in [0, 0.1) is 5.82 Å². The first-order chi connectivity index (χ1) is 6.48. The number of H-pyrrole nitrogens is 1. The van der Waals surface area contributed by atoms with Gasteiger partial charge in [0.05, 0.1) is 11.2 Å². The molecule has 2 nitrogen and oxygen atoms in total. The third kappa shape index (κ3) is 1.39. The summed E-state index contributed by atoms with van der Waals surface area (Å²) in [5, 5.41) is 7.99. The molecule has 0 spiro atoms. The van der Waals surface area contributed by atoms with Crippen LogP contribution in [-0.2, 0) is 5.41 Å². The van der Waals surface area contributed by atoms with E-state index in [1.54, 1.807) is 6.07 Å². The molecular weight excluding hydrogens is 179 g/mol. The molecule has 0 fully saturated rings. The summed E-state index contributed by atoms with van der Waals surface area (Å²) in [6, 6.07) is 4.68. The lowest BCUT2D eigenvalue weighted by Gasteiger charge is -2.15. The van der Waals surface area contributed by atoms with Gasteiger partial charge in [0.25, 0.3) is 0 Å². The molecule has 1 aromatic carbocycles. The molecule has 1 N–H and O–H groups in total. The maximum atomic E-state index is 13.0. The average Bonchev–Trinajstić information content (AvgIpc) is 2.45. The van der Waals surface area contributed by atoms with Gasteiger partial charge in [0, 0.05) is 10.8 Å². The third-order valence-corrected chi connectivity index (χ3v) is 2.24. The predicted molar refractivity (Wildman–Crippen MR) is 54.8 cm³/mol. The Bertz CT molecular complexity index is 466. The minimum absolute atomic E-state index is 0.0634. The second-order valence-corrected chi connectivity index (χ2v) is 4.51. The lowest BCUT2D eigenvalue weighted by molar-refractivity contribution is 0.571. The first kappa shape index (κ1) is 9.19. The number of nitrogens with zero attached hydrogens (tertiary/aromatic N) is 1. The summed E-state index contributed by atoms with van der Waals surface area (Å²) in [7, 11) is 0. The van der Waals surface area contributed by atoms with Crippen LogP contribution in [0.5, 0.6) is 0 Å². The molecule has 14 heavy (non-hydrogen) atoms. The van der Waals surface area contributed by atoms with Gasteiger partial charge in [-0.1, -0.05) is 20.8 Å². The third-order valence-electron chi connectivity index (χ3n) is 2.24. The SMILES string of the molecule is CC(C)(C)c1n[nH]c2ccc(F)cc12. The zero-order valence-corrected chi connectivity index (χ0v) is 8.56. The van der Waals surface area contributed by atoms with E-state index in [4.69, 9.17) is 0 Å². The molecule has 1 aromatic heterocycles. The van der Waals surface area contributed by atoms with Crippen LogP contribution in [-0.4, -0.2) is 10.2 Å². The summed E-state index contributed by atoms with van der Waals surface area (Å²) in [4.78, 5) is 0. The van der Waals surface area contributed by atoms with Crippen molar-refractivity contribution in [1.29, 1.82) is 0 Å². The second kappa shape index (κ2) is 2.80. The fraction of sp³-hybridized carbons (Fsp3) is 0.364. The van der Waals surface area contributed by atoms with Crippen LogP contribution in [0.1, 0.15) is 26.5 Å². The maximum absolute atomic E-state index is 13.0. The summed E-state index contributed by atoms with van der Waals surface area (Å²) in [6.07, 6.45) is 0. The molecule has 1 heterocycles. The largest absolute Gasteiger partial charge is 0.278 e. The molecule has 0 radical (unpaired) electrons. The van der Waals surface area contributed by atoms with E-state index < -0.39 is 0 Å². The van der Waals surface area contributed by atoms with E-state index in [1.165, 1.54) is 12.1 Å². The van der Waals surface area contributed by atoms with Crippen molar-refractivity contribution in [1.82, 2.24) is 10.2 Å². The smallest absolute Gasteiger partial charge is 0.124 e. The fourth-order valence-electron chi connectivity index (χ4n) is 1.56. The molecular formula is C11H13FN2. The van der Waals surface area contributed by atoms with Crippen molar-refractivity contribution < 1.29 is 4.39 Å². The van der Waals surface area contributed by atoms with Crippen LogP contribution >= 0.6 is 0 Å². The Morgan fingerprint density at radius 3 is 2.64 bits per heavy atom. The molecule has 2 rings (SSSR count). The number of aromatic nitrogens is 2. The highest BCUT2D eigenvalue weighted by Gasteiger charge is 2.20. The first-order valence-corrected chi connectivity index (χ1v) is 4.62. The summed E-state index contributed by atoms with van der Waals surface area (Å²) in [5.74, 6) is -0.218. The summed E-state index contributed by atoms with van der Waals surface area (Å²) >= 11 is 0. The minimum Gasteiger partial charge on any atom is -0.278 e. The number of hydrogen-bond acceptors (Lipinski definition) is 1. The first-order valence-electron chi connectivity index (χ1n) is 4.62. The van der Waals surface area contributed by atoms with Gasteiger partial charge in [-0.25, -0.2) is 4.39 Å². The van der Waals surface area contributed by atoms with E-state index >= 15 is 0 Å². The Labute approximate surface area is 82.1 Å². The van der Waals surface area contributed by atoms with Crippen LogP contribution in [0.15, 0.2) is 18.2 Å². The molecule has 0 aliphatic heterocycles. The second-order valence-electron chi connectivity index (χ2n) is 4.51. The van der Waals surface area contributed by atoms with Gasteiger partial charge in [-0.2, -0.15) is 5.10 Å². The van der Waals surface area contributed by atoms with Crippen LogP contribution in [0.3, 0.4) is 0 Å². The van der Waals surface area contributed by atoms with Crippen molar-refractivity contribution in [2.24, 2.45) is 0 Å². The average molecular weight is 192 g/mol. The molecule has 0 saturated carbocycles. The van der Waals surface area contributed by atoms with Crippen molar-refractivity contribution in [3.05, 3.63) is 29.7 Å². The highest BCUT2D eigenvalue weighted by molar-refractivity contribution is 5.82. The van der Waals surface area contributed by atoms with E-state index in [9.17, 15) is 4.39 Å². The van der Waals surface area contributed by atoms with Gasteiger partial charge < -0.3 is 0 Å². The minimum atomic E-state index is -0.218. The van der Waals surface area contributed by atoms with Gasteiger partial charge in [-0.15, -0.1) is 0 Å². The Kier molecular flexibility index (Phi) is 1.84. The fourth-order valence-corrected chi connectivity index (χ4v) is 1.56. The molecule has 2 aromatic rings. The van der Waals surface area contributed by atoms with Crippen molar-refractivity contribution in [3.8, 4) is 0 Å². The Morgan fingerprint density at radius 1 is 1.29 bits per heavy atom. The Hall–Kier alpha value is -1.38. The number of rotatable bonds is 0. The van der Waals surface area contributed by atoms with E-state index in [0.717, 1.165) is 16.6 Å². The van der Waals surface area contributed by atoms with Gasteiger partial charge in [0.2, 0.25) is 0 Å². The molecule has 0 atom stereocenters. The summed E-state index contributed by atoms with van der Waals surface area (Å²) in [5.41, 5.74) is 1.73. The lowest BCUT2D eigenvalue weighted by Crippen LogP contribution is -2.12. The quantitative estimate of drug-likeness (QED) is 0.683. The van der Waals surface area contributed by atoms with Crippen LogP contribution in [0.2, 0.25) is 0 Å². The lowest BCUT2D eigenvalue weighted by atomic mass is 9.90. The predicted octanol–water partition coefficient (Wildman–Crippen LogP) is 3.00. The standard InChI is InChI=1S/C11H13FN2/c1-11(2,3)10-8-6-7(12)4-5-9(8)13-14-10/h4-6H,1-3H3,(H,13,14). The zero-order chi connectivity index (χ0) is 10.3. The van der Waals surface area contributed by atoms with E-state index in [0.29, 0.717) is 0 Å². The van der Waals surface area contributed by atoms with Crippen LogP contribution < -0.4 is 0 Å². The highest BCUT2D eigenvalue weighted by atomic mass is 19.1. The number of fused-ring (bicyclic) bond motifs is 1. The van der Waals surface area contributed by atoms with Crippen molar-refractivity contribution in [2.75, 3.05) is 0 Å². The summed E-state index contributed by atoms with van der Waals surface area (Å²) in [6.45, 7) is 6.19. The van der Waals surface area contributed by atoms with Gasteiger partial charge in [0.1, 0.15) is 5.82 Å². The molecule has 0 saturated heterocycles. The Morgan fingerprint density at radius 2 is 2.00 bits per heavy atom. The molecule has 0 amide bonds. The van der Waals surface area contributed by atoms with Crippen LogP contribution in [0.25, 0.3) is 10.9 Å². The number of hydrogen-bond donors (Lipinski definition) is 1. The number of halogens is 1. The van der Waals surface area contributed by atoms with Gasteiger partial charge >= 0.3 is 0 Å². The Balaban J connectivity index is 2.73. The number of nitrogens with one attached hydrogen (secondary N) is 1. The molecule has 3 heteroatoms. The van der Waals surface area contributed by atoms with E-state index in [-0.39, 0.29) is 11.2 Å². The zero-order valence-electron chi connectivity index (χ0n) is 8.56. The number of aromatic amines is 1. The van der Waals surface area contributed by atoms with Crippen molar-refractivity contribution >= 4 is 10.9 Å². The van der Waals surface area contributed by atoms with Gasteiger partial charge in [-0.3, -0.25) is 5.10 Å². The van der Waals surface area contributed by atoms with Crippen molar-refractivity contribution in [2.45, 2.75) is 26.2 Å². The van der Waals surface area contributed by atoms with E-state index in [1.807, 2.05) is 0 Å². The van der Waals surface area contributed by atoms with Gasteiger partial charge in [0.15, 0.2) is 0 Å². The molecule has 74 valence electrons. The topological polar surface area (TPSA) is 28.7 Å². The monoisotopic (exact) mass is 192 g/mol. The van der Waals surface area contributed by atoms with Gasteiger partial charge in [-0.05, 0) is 18.2 Å². The normalized spacial score (nSPS) is 12.3. The summed E-state index contributed by atoms with van der Waals surface area (Å²) < 4.78 is 13.0.